The Hall–Kier alpha value is -4.57. The van der Waals surface area contributed by atoms with Crippen LogP contribution in [0.5, 0.6) is 5.75 Å². The third kappa shape index (κ3) is 4.00. The molecule has 6 aromatic heterocycles. The van der Waals surface area contributed by atoms with Gasteiger partial charge in [-0.15, -0.1) is 0 Å². The monoisotopic (exact) mass is 466 g/mol. The standard InChI is InChI=1S/C25H22N8O2/c1-33(2)8-10-35-17-11-16(12-26-13-17)18-3-4-20-23(28-18)24(32-31-20)25-29-19-5-7-27-21(22(19)30-25)15-6-9-34-14-15/h3-7,9,11-14H,8,10H2,1-2H3,(H,29,30)(H,31,32). The quantitative estimate of drug-likeness (QED) is 0.360. The van der Waals surface area contributed by atoms with Crippen LogP contribution in [0.25, 0.3) is 56.1 Å². The van der Waals surface area contributed by atoms with Crippen LogP contribution in [0, 0.1) is 0 Å². The fourth-order valence-corrected chi connectivity index (χ4v) is 3.87. The van der Waals surface area contributed by atoms with E-state index in [4.69, 9.17) is 19.1 Å². The van der Waals surface area contributed by atoms with Gasteiger partial charge in [-0.05, 0) is 44.4 Å². The maximum atomic E-state index is 5.84. The van der Waals surface area contributed by atoms with Gasteiger partial charge in [0, 0.05) is 30.1 Å². The third-order valence-electron chi connectivity index (χ3n) is 5.64. The molecule has 6 aromatic rings. The normalized spacial score (nSPS) is 11.6. The molecule has 10 nitrogen and oxygen atoms in total. The van der Waals surface area contributed by atoms with E-state index in [1.807, 2.05) is 44.4 Å². The minimum atomic E-state index is 0.582. The number of H-pyrrole nitrogens is 2. The molecular weight excluding hydrogens is 444 g/mol. The highest BCUT2D eigenvalue weighted by Crippen LogP contribution is 2.31. The van der Waals surface area contributed by atoms with E-state index in [-0.39, 0.29) is 0 Å². The summed E-state index contributed by atoms with van der Waals surface area (Å²) in [4.78, 5) is 23.9. The first-order valence-corrected chi connectivity index (χ1v) is 11.1. The SMILES string of the molecule is CN(C)CCOc1cncc(-c2ccc3[nH]nc(-c4nc5c(-c6ccoc6)nccc5[nH]4)c3n2)c1. The van der Waals surface area contributed by atoms with Gasteiger partial charge in [-0.1, -0.05) is 0 Å². The minimum absolute atomic E-state index is 0.582. The number of aromatic amines is 2. The first-order chi connectivity index (χ1) is 17.2. The molecule has 6 rings (SSSR count). The summed E-state index contributed by atoms with van der Waals surface area (Å²) >= 11 is 0. The van der Waals surface area contributed by atoms with Crippen LogP contribution in [0.3, 0.4) is 0 Å². The summed E-state index contributed by atoms with van der Waals surface area (Å²) in [6.07, 6.45) is 8.50. The molecule has 10 heteroatoms. The number of hydrogen-bond donors (Lipinski definition) is 2. The number of rotatable bonds is 7. The Morgan fingerprint density at radius 2 is 1.89 bits per heavy atom. The molecule has 0 atom stereocenters. The van der Waals surface area contributed by atoms with Crippen LogP contribution in [0.4, 0.5) is 0 Å². The van der Waals surface area contributed by atoms with E-state index in [2.05, 4.69) is 30.0 Å². The van der Waals surface area contributed by atoms with E-state index in [1.165, 1.54) is 0 Å². The summed E-state index contributed by atoms with van der Waals surface area (Å²) in [6.45, 7) is 1.40. The van der Waals surface area contributed by atoms with Crippen molar-refractivity contribution >= 4 is 22.1 Å². The number of pyridine rings is 3. The number of nitrogens with zero attached hydrogens (tertiary/aromatic N) is 6. The summed E-state index contributed by atoms with van der Waals surface area (Å²) < 4.78 is 11.1. The first-order valence-electron chi connectivity index (χ1n) is 11.1. The highest BCUT2D eigenvalue weighted by Gasteiger charge is 2.18. The molecule has 0 spiro atoms. The topological polar surface area (TPSA) is 122 Å². The van der Waals surface area contributed by atoms with Crippen LogP contribution in [0.1, 0.15) is 0 Å². The average Bonchev–Trinajstić information content (AvgIpc) is 3.62. The molecule has 35 heavy (non-hydrogen) atoms. The van der Waals surface area contributed by atoms with Gasteiger partial charge < -0.3 is 19.0 Å². The zero-order chi connectivity index (χ0) is 23.8. The molecule has 0 bridgehead atoms. The van der Waals surface area contributed by atoms with Gasteiger partial charge in [0.2, 0.25) is 0 Å². The van der Waals surface area contributed by atoms with E-state index in [1.54, 1.807) is 31.1 Å². The smallest absolute Gasteiger partial charge is 0.161 e. The van der Waals surface area contributed by atoms with Crippen molar-refractivity contribution in [2.75, 3.05) is 27.2 Å². The lowest BCUT2D eigenvalue weighted by Gasteiger charge is -2.11. The molecule has 2 N–H and O–H groups in total. The number of hydrogen-bond acceptors (Lipinski definition) is 8. The zero-order valence-electron chi connectivity index (χ0n) is 19.2. The number of nitrogens with one attached hydrogen (secondary N) is 2. The van der Waals surface area contributed by atoms with Crippen molar-refractivity contribution in [2.45, 2.75) is 0 Å². The molecule has 0 unspecified atom stereocenters. The number of fused-ring (bicyclic) bond motifs is 2. The molecule has 0 aliphatic rings. The second-order valence-corrected chi connectivity index (χ2v) is 8.38. The van der Waals surface area contributed by atoms with Crippen LogP contribution in [-0.4, -0.2) is 67.3 Å². The van der Waals surface area contributed by atoms with E-state index in [0.29, 0.717) is 29.4 Å². The van der Waals surface area contributed by atoms with Crippen LogP contribution in [-0.2, 0) is 0 Å². The number of imidazole rings is 1. The number of furan rings is 1. The maximum absolute atomic E-state index is 5.84. The van der Waals surface area contributed by atoms with Gasteiger partial charge in [-0.2, -0.15) is 5.10 Å². The fourth-order valence-electron chi connectivity index (χ4n) is 3.87. The van der Waals surface area contributed by atoms with Gasteiger partial charge in [-0.3, -0.25) is 15.1 Å². The Kier molecular flexibility index (Phi) is 5.19. The molecule has 0 aliphatic carbocycles. The molecule has 0 radical (unpaired) electrons. The zero-order valence-corrected chi connectivity index (χ0v) is 19.2. The summed E-state index contributed by atoms with van der Waals surface area (Å²) in [5.41, 5.74) is 6.96. The Morgan fingerprint density at radius 3 is 2.74 bits per heavy atom. The predicted octanol–water partition coefficient (Wildman–Crippen LogP) is 4.16. The fraction of sp³-hybridized carbons (Fsp3) is 0.160. The second-order valence-electron chi connectivity index (χ2n) is 8.38. The molecule has 174 valence electrons. The molecule has 6 heterocycles. The highest BCUT2D eigenvalue weighted by atomic mass is 16.5. The van der Waals surface area contributed by atoms with Crippen molar-refractivity contribution in [3.8, 4) is 39.8 Å². The Balaban J connectivity index is 1.38. The number of aromatic nitrogens is 7. The van der Waals surface area contributed by atoms with Gasteiger partial charge in [-0.25, -0.2) is 9.97 Å². The molecule has 0 amide bonds. The van der Waals surface area contributed by atoms with Gasteiger partial charge in [0.05, 0.1) is 35.5 Å². The first kappa shape index (κ1) is 21.0. The lowest BCUT2D eigenvalue weighted by atomic mass is 10.1. The number of ether oxygens (including phenoxy) is 1. The molecule has 0 aliphatic heterocycles. The van der Waals surface area contributed by atoms with Crippen LogP contribution < -0.4 is 4.74 Å². The van der Waals surface area contributed by atoms with Gasteiger partial charge in [0.25, 0.3) is 0 Å². The largest absolute Gasteiger partial charge is 0.491 e. The lowest BCUT2D eigenvalue weighted by molar-refractivity contribution is 0.261. The maximum Gasteiger partial charge on any atom is 0.161 e. The highest BCUT2D eigenvalue weighted by molar-refractivity contribution is 5.94. The van der Waals surface area contributed by atoms with E-state index >= 15 is 0 Å². The van der Waals surface area contributed by atoms with Gasteiger partial charge in [0.1, 0.15) is 29.1 Å². The molecule has 0 saturated carbocycles. The van der Waals surface area contributed by atoms with E-state index in [9.17, 15) is 0 Å². The van der Waals surface area contributed by atoms with Crippen molar-refractivity contribution in [3.05, 3.63) is 61.4 Å². The minimum Gasteiger partial charge on any atom is -0.491 e. The van der Waals surface area contributed by atoms with Crippen molar-refractivity contribution in [2.24, 2.45) is 0 Å². The predicted molar refractivity (Wildman–Crippen MR) is 132 cm³/mol. The Morgan fingerprint density at radius 1 is 0.971 bits per heavy atom. The lowest BCUT2D eigenvalue weighted by Crippen LogP contribution is -2.19. The Bertz CT molecular complexity index is 1620. The molecule has 0 aromatic carbocycles. The van der Waals surface area contributed by atoms with Crippen molar-refractivity contribution in [3.63, 3.8) is 0 Å². The van der Waals surface area contributed by atoms with Crippen LogP contribution >= 0.6 is 0 Å². The second kappa shape index (κ2) is 8.65. The average molecular weight is 467 g/mol. The molecule has 0 fully saturated rings. The summed E-state index contributed by atoms with van der Waals surface area (Å²) in [7, 11) is 4.02. The van der Waals surface area contributed by atoms with Gasteiger partial charge >= 0.3 is 0 Å². The molecular formula is C25H22N8O2. The van der Waals surface area contributed by atoms with Crippen molar-refractivity contribution in [1.29, 1.82) is 0 Å². The van der Waals surface area contributed by atoms with Crippen molar-refractivity contribution < 1.29 is 9.15 Å². The summed E-state index contributed by atoms with van der Waals surface area (Å²) in [5, 5.41) is 7.55. The van der Waals surface area contributed by atoms with Crippen molar-refractivity contribution in [1.82, 2.24) is 40.0 Å². The summed E-state index contributed by atoms with van der Waals surface area (Å²) in [6, 6.07) is 9.58. The van der Waals surface area contributed by atoms with Crippen LogP contribution in [0.2, 0.25) is 0 Å². The Labute approximate surface area is 200 Å². The van der Waals surface area contributed by atoms with E-state index < -0.39 is 0 Å². The molecule has 0 saturated heterocycles. The summed E-state index contributed by atoms with van der Waals surface area (Å²) in [5.74, 6) is 1.31. The number of likely N-dealkylation sites (N-methyl/N-ethyl adjacent to an activating group) is 1. The van der Waals surface area contributed by atoms with Gasteiger partial charge in [0.15, 0.2) is 11.5 Å². The third-order valence-corrected chi connectivity index (χ3v) is 5.64. The van der Waals surface area contributed by atoms with E-state index in [0.717, 1.165) is 45.6 Å². The van der Waals surface area contributed by atoms with Crippen LogP contribution in [0.15, 0.2) is 65.9 Å².